The molecule has 1 N–H and O–H groups in total. The van der Waals surface area contributed by atoms with Gasteiger partial charge in [-0.15, -0.1) is 0 Å². The molecule has 2 aliphatic rings. The van der Waals surface area contributed by atoms with E-state index in [0.29, 0.717) is 13.0 Å². The van der Waals surface area contributed by atoms with E-state index < -0.39 is 16.1 Å². The zero-order valence-electron chi connectivity index (χ0n) is 11.9. The number of sulfonamides is 1. The lowest BCUT2D eigenvalue weighted by Gasteiger charge is -2.38. The Bertz CT molecular complexity index is 609. The highest BCUT2D eigenvalue weighted by Gasteiger charge is 2.43. The van der Waals surface area contributed by atoms with E-state index >= 15 is 0 Å². The highest BCUT2D eigenvalue weighted by Crippen LogP contribution is 2.27. The van der Waals surface area contributed by atoms with Crippen LogP contribution in [0, 0.1) is 0 Å². The second kappa shape index (κ2) is 5.77. The van der Waals surface area contributed by atoms with E-state index in [1.54, 1.807) is 30.3 Å². The summed E-state index contributed by atoms with van der Waals surface area (Å²) >= 11 is 0. The number of amides is 1. The summed E-state index contributed by atoms with van der Waals surface area (Å²) in [5.74, 6) is -0.146. The van der Waals surface area contributed by atoms with Crippen LogP contribution in [0.15, 0.2) is 35.2 Å². The zero-order valence-corrected chi connectivity index (χ0v) is 12.7. The highest BCUT2D eigenvalue weighted by molar-refractivity contribution is 7.89. The maximum atomic E-state index is 12.5. The number of hydrogen-bond acceptors (Lipinski definition) is 3. The first kappa shape index (κ1) is 14.5. The van der Waals surface area contributed by atoms with Crippen LogP contribution in [0.4, 0.5) is 0 Å². The van der Waals surface area contributed by atoms with Gasteiger partial charge in [0.2, 0.25) is 15.9 Å². The van der Waals surface area contributed by atoms with Gasteiger partial charge in [-0.05, 0) is 31.4 Å². The summed E-state index contributed by atoms with van der Waals surface area (Å²) in [5.41, 5.74) is 0. The van der Waals surface area contributed by atoms with Crippen molar-refractivity contribution in [1.29, 1.82) is 0 Å². The average molecular weight is 308 g/mol. The second-order valence-electron chi connectivity index (χ2n) is 5.72. The number of carbonyl (C=O) groups excluding carboxylic acids is 1. The van der Waals surface area contributed by atoms with Crippen molar-refractivity contribution in [1.82, 2.24) is 9.62 Å². The van der Waals surface area contributed by atoms with Crippen LogP contribution < -0.4 is 5.32 Å². The molecular formula is C15H20N2O3S. The minimum Gasteiger partial charge on any atom is -0.352 e. The Balaban J connectivity index is 1.70. The van der Waals surface area contributed by atoms with Crippen molar-refractivity contribution in [3.05, 3.63) is 30.3 Å². The summed E-state index contributed by atoms with van der Waals surface area (Å²) < 4.78 is 26.3. The lowest BCUT2D eigenvalue weighted by atomic mass is 10.1. The Kier molecular flexibility index (Phi) is 3.99. The molecule has 1 amide bonds. The van der Waals surface area contributed by atoms with Gasteiger partial charge in [0.25, 0.3) is 0 Å². The van der Waals surface area contributed by atoms with Gasteiger partial charge < -0.3 is 5.32 Å². The number of nitrogens with zero attached hydrogens (tertiary/aromatic N) is 1. The summed E-state index contributed by atoms with van der Waals surface area (Å²) in [5, 5.41) is 2.99. The lowest BCUT2D eigenvalue weighted by Crippen LogP contribution is -2.59. The van der Waals surface area contributed by atoms with Crippen molar-refractivity contribution in [2.45, 2.75) is 49.1 Å². The van der Waals surface area contributed by atoms with Gasteiger partial charge >= 0.3 is 0 Å². The third-order valence-electron chi connectivity index (χ3n) is 4.32. The van der Waals surface area contributed by atoms with Crippen LogP contribution in [-0.2, 0) is 14.8 Å². The quantitative estimate of drug-likeness (QED) is 0.917. The van der Waals surface area contributed by atoms with E-state index in [-0.39, 0.29) is 16.8 Å². The van der Waals surface area contributed by atoms with Crippen molar-refractivity contribution >= 4 is 15.9 Å². The van der Waals surface area contributed by atoms with E-state index in [9.17, 15) is 13.2 Å². The Hall–Kier alpha value is -1.40. The van der Waals surface area contributed by atoms with Gasteiger partial charge in [0.15, 0.2) is 0 Å². The fraction of sp³-hybridized carbons (Fsp3) is 0.533. The molecule has 0 radical (unpaired) electrons. The lowest BCUT2D eigenvalue weighted by molar-refractivity contribution is -0.128. The molecule has 1 aliphatic heterocycles. The van der Waals surface area contributed by atoms with Gasteiger partial charge in [0.05, 0.1) is 4.90 Å². The molecule has 1 saturated carbocycles. The number of rotatable bonds is 4. The molecule has 6 heteroatoms. The van der Waals surface area contributed by atoms with Crippen LogP contribution in [0.1, 0.15) is 32.1 Å². The van der Waals surface area contributed by atoms with E-state index in [0.717, 1.165) is 25.7 Å². The summed E-state index contributed by atoms with van der Waals surface area (Å²) in [7, 11) is -3.56. The summed E-state index contributed by atoms with van der Waals surface area (Å²) in [6.45, 7) is 0.417. The Morgan fingerprint density at radius 2 is 1.76 bits per heavy atom. The van der Waals surface area contributed by atoms with Crippen molar-refractivity contribution < 1.29 is 13.2 Å². The van der Waals surface area contributed by atoms with E-state index in [1.807, 2.05) is 0 Å². The number of benzene rings is 1. The van der Waals surface area contributed by atoms with Crippen LogP contribution in [0.5, 0.6) is 0 Å². The molecule has 1 aromatic carbocycles. The maximum Gasteiger partial charge on any atom is 0.243 e. The third kappa shape index (κ3) is 2.82. The first-order valence-electron chi connectivity index (χ1n) is 7.46. The molecule has 3 rings (SSSR count). The fourth-order valence-electron chi connectivity index (χ4n) is 3.01. The van der Waals surface area contributed by atoms with Gasteiger partial charge in [0.1, 0.15) is 6.04 Å². The zero-order chi connectivity index (χ0) is 14.9. The molecule has 2 fully saturated rings. The van der Waals surface area contributed by atoms with Gasteiger partial charge in [-0.3, -0.25) is 4.79 Å². The molecule has 0 spiro atoms. The summed E-state index contributed by atoms with van der Waals surface area (Å²) in [4.78, 5) is 12.5. The average Bonchev–Trinajstić information content (AvgIpc) is 2.90. The minimum absolute atomic E-state index is 0.146. The van der Waals surface area contributed by atoms with Gasteiger partial charge in [-0.25, -0.2) is 8.42 Å². The van der Waals surface area contributed by atoms with Crippen molar-refractivity contribution in [3.63, 3.8) is 0 Å². The van der Waals surface area contributed by atoms with Crippen molar-refractivity contribution in [2.24, 2.45) is 0 Å². The molecule has 21 heavy (non-hydrogen) atoms. The van der Waals surface area contributed by atoms with Crippen LogP contribution in [-0.4, -0.2) is 37.3 Å². The summed E-state index contributed by atoms with van der Waals surface area (Å²) in [6, 6.07) is 7.98. The smallest absolute Gasteiger partial charge is 0.243 e. The van der Waals surface area contributed by atoms with Gasteiger partial charge in [0, 0.05) is 12.6 Å². The SMILES string of the molecule is O=C(NC1CCCC1)C1CCN1S(=O)(=O)c1ccccc1. The van der Waals surface area contributed by atoms with E-state index in [4.69, 9.17) is 0 Å². The molecule has 0 aromatic heterocycles. The molecule has 5 nitrogen and oxygen atoms in total. The minimum atomic E-state index is -3.56. The number of carbonyl (C=O) groups is 1. The Morgan fingerprint density at radius 1 is 1.10 bits per heavy atom. The van der Waals surface area contributed by atoms with Crippen LogP contribution in [0.2, 0.25) is 0 Å². The number of hydrogen-bond donors (Lipinski definition) is 1. The van der Waals surface area contributed by atoms with E-state index in [1.165, 1.54) is 4.31 Å². The molecular weight excluding hydrogens is 288 g/mol. The van der Waals surface area contributed by atoms with Crippen molar-refractivity contribution in [2.75, 3.05) is 6.54 Å². The molecule has 1 heterocycles. The van der Waals surface area contributed by atoms with Gasteiger partial charge in [-0.2, -0.15) is 4.31 Å². The third-order valence-corrected chi connectivity index (χ3v) is 6.25. The predicted octanol–water partition coefficient (Wildman–Crippen LogP) is 1.51. The summed E-state index contributed by atoms with van der Waals surface area (Å²) in [6.07, 6.45) is 4.89. The fourth-order valence-corrected chi connectivity index (χ4v) is 4.66. The monoisotopic (exact) mass is 308 g/mol. The van der Waals surface area contributed by atoms with Crippen molar-refractivity contribution in [3.8, 4) is 0 Å². The molecule has 0 bridgehead atoms. The maximum absolute atomic E-state index is 12.5. The number of nitrogens with one attached hydrogen (secondary N) is 1. The molecule has 1 atom stereocenters. The van der Waals surface area contributed by atoms with Crippen LogP contribution in [0.25, 0.3) is 0 Å². The van der Waals surface area contributed by atoms with Gasteiger partial charge in [-0.1, -0.05) is 31.0 Å². The largest absolute Gasteiger partial charge is 0.352 e. The molecule has 1 unspecified atom stereocenters. The molecule has 1 aliphatic carbocycles. The van der Waals surface area contributed by atoms with Crippen LogP contribution >= 0.6 is 0 Å². The molecule has 1 aromatic rings. The first-order valence-corrected chi connectivity index (χ1v) is 8.90. The highest BCUT2D eigenvalue weighted by atomic mass is 32.2. The Labute approximate surface area is 125 Å². The topological polar surface area (TPSA) is 66.5 Å². The second-order valence-corrected chi connectivity index (χ2v) is 7.61. The van der Waals surface area contributed by atoms with Crippen LogP contribution in [0.3, 0.4) is 0 Å². The normalized spacial score (nSPS) is 23.7. The van der Waals surface area contributed by atoms with E-state index in [2.05, 4.69) is 5.32 Å². The Morgan fingerprint density at radius 3 is 2.33 bits per heavy atom. The first-order chi connectivity index (χ1) is 10.1. The standard InChI is InChI=1S/C15H20N2O3S/c18-15(16-12-6-4-5-7-12)14-10-11-17(14)21(19,20)13-8-2-1-3-9-13/h1-3,8-9,12,14H,4-7,10-11H2,(H,16,18). The molecule has 114 valence electrons. The predicted molar refractivity (Wildman–Crippen MR) is 79.1 cm³/mol. The molecule has 1 saturated heterocycles.